The Morgan fingerprint density at radius 1 is 1.23 bits per heavy atom. The monoisotopic (exact) mass is 354 g/mol. The molecule has 0 saturated heterocycles. The number of hydrogen-bond donors (Lipinski definition) is 2. The van der Waals surface area contributed by atoms with Crippen LogP contribution in [-0.4, -0.2) is 43.2 Å². The fourth-order valence-electron chi connectivity index (χ4n) is 3.33. The number of rotatable bonds is 6. The maximum Gasteiger partial charge on any atom is 0.255 e. The van der Waals surface area contributed by atoms with E-state index in [1.807, 2.05) is 49.3 Å². The molecule has 1 amide bonds. The van der Waals surface area contributed by atoms with Gasteiger partial charge in [0.1, 0.15) is 18.1 Å². The standard InChI is InChI=1S/C21H26N2O3/c1-23(2)13-14-26-20-12-4-3-7-17(20)21(25)22-18-10-5-9-16-15(18)8-6-11-19(16)24/h3-4,6-8,11-12,18,24H,5,9-10,13-14H2,1-2H3,(H,22,25). The van der Waals surface area contributed by atoms with Crippen molar-refractivity contribution in [2.45, 2.75) is 25.3 Å². The lowest BCUT2D eigenvalue weighted by Gasteiger charge is -2.27. The number of carbonyl (C=O) groups excluding carboxylic acids is 1. The lowest BCUT2D eigenvalue weighted by atomic mass is 9.87. The van der Waals surface area contributed by atoms with Crippen LogP contribution in [0.5, 0.6) is 11.5 Å². The van der Waals surface area contributed by atoms with Gasteiger partial charge in [-0.05, 0) is 62.7 Å². The molecule has 0 heterocycles. The number of nitrogens with one attached hydrogen (secondary N) is 1. The van der Waals surface area contributed by atoms with Gasteiger partial charge in [0.15, 0.2) is 0 Å². The Morgan fingerprint density at radius 2 is 2.04 bits per heavy atom. The van der Waals surface area contributed by atoms with Crippen molar-refractivity contribution >= 4 is 5.91 Å². The number of para-hydroxylation sites is 1. The van der Waals surface area contributed by atoms with Crippen LogP contribution in [0.4, 0.5) is 0 Å². The summed E-state index contributed by atoms with van der Waals surface area (Å²) < 4.78 is 5.80. The third kappa shape index (κ3) is 4.17. The highest BCUT2D eigenvalue weighted by atomic mass is 16.5. The van der Waals surface area contributed by atoms with Crippen molar-refractivity contribution in [1.82, 2.24) is 10.2 Å². The molecule has 0 fully saturated rings. The number of ether oxygens (including phenoxy) is 1. The maximum absolute atomic E-state index is 12.9. The van der Waals surface area contributed by atoms with Crippen LogP contribution >= 0.6 is 0 Å². The molecule has 1 unspecified atom stereocenters. The van der Waals surface area contributed by atoms with Gasteiger partial charge in [-0.15, -0.1) is 0 Å². The van der Waals surface area contributed by atoms with E-state index >= 15 is 0 Å². The van der Waals surface area contributed by atoms with Crippen molar-refractivity contribution in [3.05, 3.63) is 59.2 Å². The highest BCUT2D eigenvalue weighted by Crippen LogP contribution is 2.35. The SMILES string of the molecule is CN(C)CCOc1ccccc1C(=O)NC1CCCc2c(O)cccc21. The van der Waals surface area contributed by atoms with Crippen LogP contribution in [0.2, 0.25) is 0 Å². The molecular weight excluding hydrogens is 328 g/mol. The molecule has 0 saturated carbocycles. The van der Waals surface area contributed by atoms with Crippen molar-refractivity contribution in [3.63, 3.8) is 0 Å². The fraction of sp³-hybridized carbons (Fsp3) is 0.381. The second kappa shape index (κ2) is 8.23. The van der Waals surface area contributed by atoms with Crippen LogP contribution < -0.4 is 10.1 Å². The Balaban J connectivity index is 1.75. The number of amides is 1. The highest BCUT2D eigenvalue weighted by Gasteiger charge is 2.25. The third-order valence-corrected chi connectivity index (χ3v) is 4.72. The molecule has 0 bridgehead atoms. The zero-order chi connectivity index (χ0) is 18.5. The average molecular weight is 354 g/mol. The van der Waals surface area contributed by atoms with E-state index in [2.05, 4.69) is 5.32 Å². The number of hydrogen-bond acceptors (Lipinski definition) is 4. The molecule has 1 aliphatic carbocycles. The molecule has 2 aromatic rings. The molecule has 2 aromatic carbocycles. The molecule has 5 heteroatoms. The molecule has 1 aliphatic rings. The average Bonchev–Trinajstić information content (AvgIpc) is 2.63. The van der Waals surface area contributed by atoms with Gasteiger partial charge in [0.25, 0.3) is 5.91 Å². The molecule has 0 radical (unpaired) electrons. The molecular formula is C21H26N2O3. The minimum Gasteiger partial charge on any atom is -0.508 e. The first kappa shape index (κ1) is 18.3. The first-order chi connectivity index (χ1) is 12.6. The van der Waals surface area contributed by atoms with E-state index < -0.39 is 0 Å². The van der Waals surface area contributed by atoms with E-state index in [0.29, 0.717) is 23.7 Å². The van der Waals surface area contributed by atoms with Crippen LogP contribution in [0.15, 0.2) is 42.5 Å². The lowest BCUT2D eigenvalue weighted by Crippen LogP contribution is -2.31. The topological polar surface area (TPSA) is 61.8 Å². The van der Waals surface area contributed by atoms with Crippen LogP contribution in [0.25, 0.3) is 0 Å². The second-order valence-corrected chi connectivity index (χ2v) is 6.91. The Kier molecular flexibility index (Phi) is 5.78. The van der Waals surface area contributed by atoms with E-state index in [0.717, 1.165) is 36.9 Å². The van der Waals surface area contributed by atoms with Gasteiger partial charge in [-0.1, -0.05) is 24.3 Å². The summed E-state index contributed by atoms with van der Waals surface area (Å²) in [4.78, 5) is 14.9. The third-order valence-electron chi connectivity index (χ3n) is 4.72. The van der Waals surface area contributed by atoms with Crippen LogP contribution in [0, 0.1) is 0 Å². The minimum absolute atomic E-state index is 0.0896. The summed E-state index contributed by atoms with van der Waals surface area (Å²) in [5, 5.41) is 13.2. The number of phenolic OH excluding ortho intramolecular Hbond substituents is 1. The predicted octanol–water partition coefficient (Wildman–Crippen LogP) is 3.14. The lowest BCUT2D eigenvalue weighted by molar-refractivity contribution is 0.0928. The number of nitrogens with zero attached hydrogens (tertiary/aromatic N) is 1. The first-order valence-electron chi connectivity index (χ1n) is 9.04. The minimum atomic E-state index is -0.147. The number of fused-ring (bicyclic) bond motifs is 1. The molecule has 2 N–H and O–H groups in total. The summed E-state index contributed by atoms with van der Waals surface area (Å²) in [6.07, 6.45) is 2.65. The van der Waals surface area contributed by atoms with Crippen molar-refractivity contribution in [2.24, 2.45) is 0 Å². The highest BCUT2D eigenvalue weighted by molar-refractivity contribution is 5.97. The van der Waals surface area contributed by atoms with Gasteiger partial charge in [-0.2, -0.15) is 0 Å². The number of carbonyl (C=O) groups is 1. The predicted molar refractivity (Wildman–Crippen MR) is 102 cm³/mol. The van der Waals surface area contributed by atoms with Gasteiger partial charge in [0.05, 0.1) is 11.6 Å². The number of phenols is 1. The van der Waals surface area contributed by atoms with Crippen molar-refractivity contribution in [2.75, 3.05) is 27.2 Å². The first-order valence-corrected chi connectivity index (χ1v) is 9.04. The number of likely N-dealkylation sites (N-methyl/N-ethyl adjacent to an activating group) is 1. The van der Waals surface area contributed by atoms with Gasteiger partial charge in [-0.25, -0.2) is 0 Å². The normalized spacial score (nSPS) is 16.2. The zero-order valence-corrected chi connectivity index (χ0v) is 15.4. The van der Waals surface area contributed by atoms with Crippen LogP contribution in [0.3, 0.4) is 0 Å². The smallest absolute Gasteiger partial charge is 0.255 e. The van der Waals surface area contributed by atoms with E-state index in [9.17, 15) is 9.90 Å². The fourth-order valence-corrected chi connectivity index (χ4v) is 3.33. The Bertz CT molecular complexity index is 774. The van der Waals surface area contributed by atoms with E-state index in [-0.39, 0.29) is 11.9 Å². The van der Waals surface area contributed by atoms with Crippen LogP contribution in [-0.2, 0) is 6.42 Å². The van der Waals surface area contributed by atoms with Gasteiger partial charge in [0, 0.05) is 6.54 Å². The Morgan fingerprint density at radius 3 is 2.85 bits per heavy atom. The van der Waals surface area contributed by atoms with Crippen molar-refractivity contribution in [1.29, 1.82) is 0 Å². The summed E-state index contributed by atoms with van der Waals surface area (Å²) in [5.74, 6) is 0.763. The molecule has 3 rings (SSSR count). The second-order valence-electron chi connectivity index (χ2n) is 6.91. The van der Waals surface area contributed by atoms with E-state index in [1.54, 1.807) is 12.1 Å². The summed E-state index contributed by atoms with van der Waals surface area (Å²) >= 11 is 0. The molecule has 26 heavy (non-hydrogen) atoms. The van der Waals surface area contributed by atoms with Gasteiger partial charge in [0.2, 0.25) is 0 Å². The summed E-state index contributed by atoms with van der Waals surface area (Å²) in [6, 6.07) is 12.8. The van der Waals surface area contributed by atoms with Gasteiger partial charge in [-0.3, -0.25) is 4.79 Å². The number of aromatic hydroxyl groups is 1. The quantitative estimate of drug-likeness (QED) is 0.837. The maximum atomic E-state index is 12.9. The van der Waals surface area contributed by atoms with E-state index in [4.69, 9.17) is 4.74 Å². The van der Waals surface area contributed by atoms with E-state index in [1.165, 1.54) is 0 Å². The molecule has 0 spiro atoms. The molecule has 0 aromatic heterocycles. The largest absolute Gasteiger partial charge is 0.508 e. The number of benzene rings is 2. The molecule has 1 atom stereocenters. The van der Waals surface area contributed by atoms with Crippen molar-refractivity contribution < 1.29 is 14.6 Å². The van der Waals surface area contributed by atoms with Crippen molar-refractivity contribution in [3.8, 4) is 11.5 Å². The van der Waals surface area contributed by atoms with Crippen LogP contribution in [0.1, 0.15) is 40.4 Å². The Labute approximate surface area is 154 Å². The summed E-state index contributed by atoms with van der Waals surface area (Å²) in [6.45, 7) is 1.31. The molecule has 138 valence electrons. The molecule has 0 aliphatic heterocycles. The molecule has 5 nitrogen and oxygen atoms in total. The van der Waals surface area contributed by atoms with Gasteiger partial charge < -0.3 is 20.1 Å². The van der Waals surface area contributed by atoms with Gasteiger partial charge >= 0.3 is 0 Å². The Hall–Kier alpha value is -2.53. The summed E-state index contributed by atoms with van der Waals surface area (Å²) in [7, 11) is 3.97. The summed E-state index contributed by atoms with van der Waals surface area (Å²) in [5.41, 5.74) is 2.49. The zero-order valence-electron chi connectivity index (χ0n) is 15.4.